The Hall–Kier alpha value is -1.66. The van der Waals surface area contributed by atoms with Crippen molar-refractivity contribution in [1.82, 2.24) is 4.72 Å². The third-order valence-electron chi connectivity index (χ3n) is 2.01. The van der Waals surface area contributed by atoms with Crippen molar-refractivity contribution in [1.29, 1.82) is 0 Å². The molecule has 1 aromatic carbocycles. The topological polar surface area (TPSA) is 72.5 Å². The second-order valence-electron chi connectivity index (χ2n) is 3.65. The molecule has 0 unspecified atom stereocenters. The zero-order valence-electron chi connectivity index (χ0n) is 10.3. The van der Waals surface area contributed by atoms with Gasteiger partial charge < -0.3 is 4.74 Å². The number of esters is 1. The van der Waals surface area contributed by atoms with Gasteiger partial charge in [0, 0.05) is 18.2 Å². The summed E-state index contributed by atoms with van der Waals surface area (Å²) in [4.78, 5) is 11.4. The first-order valence-electron chi connectivity index (χ1n) is 5.34. The molecule has 0 radical (unpaired) electrons. The summed E-state index contributed by atoms with van der Waals surface area (Å²) in [6.07, 6.45) is 0. The monoisotopic (exact) mass is 269 g/mol. The lowest BCUT2D eigenvalue weighted by molar-refractivity contribution is -0.130. The number of sulfonamides is 1. The van der Waals surface area contributed by atoms with E-state index in [4.69, 9.17) is 4.74 Å². The van der Waals surface area contributed by atoms with Crippen molar-refractivity contribution in [2.24, 2.45) is 0 Å². The lowest BCUT2D eigenvalue weighted by atomic mass is 10.3. The molecule has 0 heterocycles. The van der Waals surface area contributed by atoms with Gasteiger partial charge in [-0.15, -0.1) is 0 Å². The van der Waals surface area contributed by atoms with Crippen molar-refractivity contribution in [3.63, 3.8) is 0 Å². The maximum atomic E-state index is 11.7. The number of carbonyl (C=O) groups is 1. The van der Waals surface area contributed by atoms with Gasteiger partial charge in [0.1, 0.15) is 5.75 Å². The van der Waals surface area contributed by atoms with Crippen LogP contribution in [0.3, 0.4) is 0 Å². The Morgan fingerprint density at radius 2 is 2.11 bits per heavy atom. The van der Waals surface area contributed by atoms with Gasteiger partial charge in [-0.05, 0) is 19.1 Å². The minimum absolute atomic E-state index is 0.0522. The molecule has 0 aliphatic carbocycles. The molecule has 0 bridgehead atoms. The quantitative estimate of drug-likeness (QED) is 0.499. The summed E-state index contributed by atoms with van der Waals surface area (Å²) < 4.78 is 30.8. The van der Waals surface area contributed by atoms with E-state index in [0.29, 0.717) is 0 Å². The molecule has 0 saturated carbocycles. The third-order valence-corrected chi connectivity index (χ3v) is 3.55. The van der Waals surface area contributed by atoms with Crippen molar-refractivity contribution in [2.75, 3.05) is 6.54 Å². The Balaban J connectivity index is 3.00. The molecule has 0 amide bonds. The predicted octanol–water partition coefficient (Wildman–Crippen LogP) is 1.47. The zero-order valence-corrected chi connectivity index (χ0v) is 11.1. The van der Waals surface area contributed by atoms with Crippen molar-refractivity contribution in [3.05, 3.63) is 36.4 Å². The Morgan fingerprint density at radius 1 is 1.44 bits per heavy atom. The van der Waals surface area contributed by atoms with Crippen LogP contribution in [0.4, 0.5) is 0 Å². The van der Waals surface area contributed by atoms with Crippen LogP contribution < -0.4 is 9.46 Å². The number of ether oxygens (including phenoxy) is 1. The number of carbonyl (C=O) groups excluding carboxylic acids is 1. The van der Waals surface area contributed by atoms with E-state index < -0.39 is 16.0 Å². The first-order valence-corrected chi connectivity index (χ1v) is 6.82. The highest BCUT2D eigenvalue weighted by Crippen LogP contribution is 2.18. The van der Waals surface area contributed by atoms with Gasteiger partial charge >= 0.3 is 5.97 Å². The first-order chi connectivity index (χ1) is 8.36. The van der Waals surface area contributed by atoms with E-state index in [1.54, 1.807) is 6.92 Å². The Labute approximate surface area is 107 Å². The van der Waals surface area contributed by atoms with Crippen molar-refractivity contribution >= 4 is 16.0 Å². The summed E-state index contributed by atoms with van der Waals surface area (Å²) in [5.74, 6) is -0.421. The lowest BCUT2D eigenvalue weighted by Crippen LogP contribution is -2.23. The summed E-state index contributed by atoms with van der Waals surface area (Å²) in [5, 5.41) is 0. The van der Waals surface area contributed by atoms with E-state index >= 15 is 0 Å². The van der Waals surface area contributed by atoms with Gasteiger partial charge in [0.15, 0.2) is 0 Å². The highest BCUT2D eigenvalue weighted by Gasteiger charge is 2.14. The average Bonchev–Trinajstić information content (AvgIpc) is 2.29. The maximum Gasteiger partial charge on any atom is 0.338 e. The van der Waals surface area contributed by atoms with Crippen LogP contribution >= 0.6 is 0 Å². The van der Waals surface area contributed by atoms with Crippen LogP contribution in [-0.2, 0) is 14.8 Å². The van der Waals surface area contributed by atoms with Gasteiger partial charge in [0.05, 0.1) is 4.90 Å². The zero-order chi connectivity index (χ0) is 13.8. The van der Waals surface area contributed by atoms with E-state index in [-0.39, 0.29) is 22.8 Å². The number of benzene rings is 1. The second-order valence-corrected chi connectivity index (χ2v) is 5.41. The predicted molar refractivity (Wildman–Crippen MR) is 67.8 cm³/mol. The van der Waals surface area contributed by atoms with E-state index in [1.807, 2.05) is 0 Å². The normalized spacial score (nSPS) is 11.0. The molecular formula is C12H15NO4S. The van der Waals surface area contributed by atoms with Crippen LogP contribution in [-0.4, -0.2) is 20.9 Å². The van der Waals surface area contributed by atoms with E-state index in [9.17, 15) is 13.2 Å². The fourth-order valence-electron chi connectivity index (χ4n) is 1.17. The molecule has 0 aliphatic heterocycles. The van der Waals surface area contributed by atoms with Crippen LogP contribution in [0.25, 0.3) is 0 Å². The maximum absolute atomic E-state index is 11.7. The number of rotatable bonds is 5. The van der Waals surface area contributed by atoms with Crippen LogP contribution in [0, 0.1) is 0 Å². The van der Waals surface area contributed by atoms with Crippen LogP contribution in [0.5, 0.6) is 5.75 Å². The SMILES string of the molecule is C=C(C)C(=O)Oc1cccc(S(=O)(=O)NCC)c1. The molecule has 0 saturated heterocycles. The fourth-order valence-corrected chi connectivity index (χ4v) is 2.25. The molecule has 0 spiro atoms. The summed E-state index contributed by atoms with van der Waals surface area (Å²) in [5.41, 5.74) is 0.245. The molecule has 1 aromatic rings. The molecular weight excluding hydrogens is 254 g/mol. The number of hydrogen-bond acceptors (Lipinski definition) is 4. The Kier molecular flexibility index (Phi) is 4.63. The molecule has 5 nitrogen and oxygen atoms in total. The molecule has 0 aromatic heterocycles. The van der Waals surface area contributed by atoms with Crippen molar-refractivity contribution in [3.8, 4) is 5.75 Å². The number of hydrogen-bond donors (Lipinski definition) is 1. The standard InChI is InChI=1S/C12H15NO4S/c1-4-13-18(15,16)11-7-5-6-10(8-11)17-12(14)9(2)3/h5-8,13H,2,4H2,1,3H3. The summed E-state index contributed by atoms with van der Waals surface area (Å²) in [6, 6.07) is 5.73. The average molecular weight is 269 g/mol. The first kappa shape index (κ1) is 14.4. The summed E-state index contributed by atoms with van der Waals surface area (Å²) >= 11 is 0. The fraction of sp³-hybridized carbons (Fsp3) is 0.250. The molecule has 0 aliphatic rings. The smallest absolute Gasteiger partial charge is 0.338 e. The van der Waals surface area contributed by atoms with Gasteiger partial charge in [-0.1, -0.05) is 19.6 Å². The minimum Gasteiger partial charge on any atom is -0.423 e. The highest BCUT2D eigenvalue weighted by atomic mass is 32.2. The number of nitrogens with one attached hydrogen (secondary N) is 1. The van der Waals surface area contributed by atoms with Crippen molar-refractivity contribution < 1.29 is 17.9 Å². The largest absolute Gasteiger partial charge is 0.423 e. The van der Waals surface area contributed by atoms with Gasteiger partial charge in [0.25, 0.3) is 0 Å². The summed E-state index contributed by atoms with van der Waals surface area (Å²) in [6.45, 7) is 6.93. The van der Waals surface area contributed by atoms with Gasteiger partial charge in [0.2, 0.25) is 10.0 Å². The highest BCUT2D eigenvalue weighted by molar-refractivity contribution is 7.89. The molecule has 0 atom stereocenters. The lowest BCUT2D eigenvalue weighted by Gasteiger charge is -2.07. The molecule has 0 fully saturated rings. The Morgan fingerprint density at radius 3 is 2.67 bits per heavy atom. The van der Waals surface area contributed by atoms with E-state index in [2.05, 4.69) is 11.3 Å². The Bertz CT molecular complexity index is 563. The molecule has 98 valence electrons. The molecule has 18 heavy (non-hydrogen) atoms. The third kappa shape index (κ3) is 3.68. The van der Waals surface area contributed by atoms with E-state index in [0.717, 1.165) is 0 Å². The summed E-state index contributed by atoms with van der Waals surface area (Å²) in [7, 11) is -3.55. The van der Waals surface area contributed by atoms with Gasteiger partial charge in [-0.2, -0.15) is 0 Å². The van der Waals surface area contributed by atoms with Gasteiger partial charge in [-0.3, -0.25) is 0 Å². The molecule has 6 heteroatoms. The molecule has 1 N–H and O–H groups in total. The second kappa shape index (κ2) is 5.79. The van der Waals surface area contributed by atoms with Crippen LogP contribution in [0.15, 0.2) is 41.3 Å². The van der Waals surface area contributed by atoms with Crippen molar-refractivity contribution in [2.45, 2.75) is 18.7 Å². The van der Waals surface area contributed by atoms with Crippen LogP contribution in [0.1, 0.15) is 13.8 Å². The van der Waals surface area contributed by atoms with E-state index in [1.165, 1.54) is 31.2 Å². The molecule has 1 rings (SSSR count). The van der Waals surface area contributed by atoms with Gasteiger partial charge in [-0.25, -0.2) is 17.9 Å². The van der Waals surface area contributed by atoms with Crippen LogP contribution in [0.2, 0.25) is 0 Å². The minimum atomic E-state index is -3.55.